The fourth-order valence-corrected chi connectivity index (χ4v) is 18.5. The Labute approximate surface area is 410 Å². The summed E-state index contributed by atoms with van der Waals surface area (Å²) in [5, 5.41) is 0. The maximum absolute atomic E-state index is 14.9. The van der Waals surface area contributed by atoms with Crippen LogP contribution in [0.15, 0.2) is 68.1 Å². The molecular formula is C52H76N4O8S4. The number of hydrogen-bond donors (Lipinski definition) is 0. The van der Waals surface area contributed by atoms with Crippen LogP contribution in [0.5, 0.6) is 0 Å². The zero-order chi connectivity index (χ0) is 50.8. The SMILES string of the molecule is CCN(CCCN(C[C@H]1CC[C@H]1CN(CCCN(CC)S(=O)(=O)c1c(C)cc(C)cc1C)S(=O)(=O)c1c(C)cc(C)cc1C)S(=O)(=O)c1c(C)cc(C)cc1C)S(=O)(=O)c1c(C)cc(C)cc1C. The quantitative estimate of drug-likeness (QED) is 0.0757. The lowest BCUT2D eigenvalue weighted by molar-refractivity contribution is 0.119. The smallest absolute Gasteiger partial charge is 0.207 e. The molecule has 376 valence electrons. The number of hydrogen-bond acceptors (Lipinski definition) is 8. The molecule has 0 N–H and O–H groups in total. The van der Waals surface area contributed by atoms with Crippen LogP contribution in [0.25, 0.3) is 0 Å². The molecule has 5 rings (SSSR count). The zero-order valence-corrected chi connectivity index (χ0v) is 46.2. The first kappa shape index (κ1) is 55.4. The van der Waals surface area contributed by atoms with E-state index in [-0.39, 0.29) is 96.6 Å². The highest BCUT2D eigenvalue weighted by atomic mass is 32.2. The summed E-state index contributed by atoms with van der Waals surface area (Å²) in [6, 6.07) is 14.9. The van der Waals surface area contributed by atoms with E-state index >= 15 is 0 Å². The molecule has 0 unspecified atom stereocenters. The van der Waals surface area contributed by atoms with Crippen molar-refractivity contribution in [2.24, 2.45) is 11.8 Å². The second-order valence-corrected chi connectivity index (χ2v) is 26.9. The predicted octanol–water partition coefficient (Wildman–Crippen LogP) is 9.30. The Morgan fingerprint density at radius 2 is 0.544 bits per heavy atom. The second-order valence-electron chi connectivity index (χ2n) is 19.4. The van der Waals surface area contributed by atoms with Crippen LogP contribution >= 0.6 is 0 Å². The lowest BCUT2D eigenvalue weighted by Gasteiger charge is -2.42. The van der Waals surface area contributed by atoms with E-state index in [1.165, 1.54) is 17.2 Å². The maximum Gasteiger partial charge on any atom is 0.243 e. The van der Waals surface area contributed by atoms with Gasteiger partial charge in [0.15, 0.2) is 0 Å². The summed E-state index contributed by atoms with van der Waals surface area (Å²) in [4.78, 5) is 0.999. The molecule has 1 aliphatic carbocycles. The van der Waals surface area contributed by atoms with Crippen LogP contribution in [0.2, 0.25) is 0 Å². The van der Waals surface area contributed by atoms with E-state index in [9.17, 15) is 33.7 Å². The van der Waals surface area contributed by atoms with Crippen LogP contribution in [-0.2, 0) is 40.1 Å². The molecule has 0 radical (unpaired) electrons. The van der Waals surface area contributed by atoms with Gasteiger partial charge in [-0.15, -0.1) is 0 Å². The number of rotatable bonds is 22. The van der Waals surface area contributed by atoms with Gasteiger partial charge in [0.25, 0.3) is 0 Å². The van der Waals surface area contributed by atoms with Crippen molar-refractivity contribution >= 4 is 40.1 Å². The molecule has 1 fully saturated rings. The standard InChI is InChI=1S/C52H76N4O8S4/c1-15-53(65(57,58)49-39(7)25-35(3)26-40(49)8)21-17-23-55(67(61,62)51-43(11)29-37(5)30-44(51)12)33-47-19-20-48(47)34-56(68(63,64)52-45(13)31-38(6)32-46(52)14)24-18-22-54(16-2)66(59,60)50-41(9)27-36(4)28-42(50)10/h25-32,47-48H,15-24,33-34H2,1-14H3/t47-,48+. The third kappa shape index (κ3) is 11.8. The number of benzene rings is 4. The van der Waals surface area contributed by atoms with Gasteiger partial charge >= 0.3 is 0 Å². The van der Waals surface area contributed by atoms with E-state index in [2.05, 4.69) is 0 Å². The highest BCUT2D eigenvalue weighted by Gasteiger charge is 2.41. The lowest BCUT2D eigenvalue weighted by Crippen LogP contribution is -2.47. The highest BCUT2D eigenvalue weighted by Crippen LogP contribution is 2.39. The van der Waals surface area contributed by atoms with Gasteiger partial charge in [0.05, 0.1) is 19.6 Å². The van der Waals surface area contributed by atoms with E-state index in [1.54, 1.807) is 69.2 Å². The normalized spacial score (nSPS) is 16.1. The average Bonchev–Trinajstić information content (AvgIpc) is 3.17. The topological polar surface area (TPSA) is 150 Å². The Bertz CT molecular complexity index is 2680. The minimum atomic E-state index is -4.10. The molecule has 0 aromatic heterocycles. The second kappa shape index (κ2) is 21.9. The minimum absolute atomic E-state index is 0.0568. The average molecular weight is 1010 g/mol. The van der Waals surface area contributed by atoms with Crippen molar-refractivity contribution < 1.29 is 33.7 Å². The molecule has 0 heterocycles. The monoisotopic (exact) mass is 1010 g/mol. The number of sulfonamides is 4. The van der Waals surface area contributed by atoms with Crippen molar-refractivity contribution in [1.82, 2.24) is 17.2 Å². The summed E-state index contributed by atoms with van der Waals surface area (Å²) in [6.07, 6.45) is 1.83. The molecule has 0 amide bonds. The molecule has 0 aliphatic heterocycles. The van der Waals surface area contributed by atoms with Gasteiger partial charge in [0.1, 0.15) is 0 Å². The Balaban J connectivity index is 1.46. The molecule has 0 saturated heterocycles. The van der Waals surface area contributed by atoms with Gasteiger partial charge in [-0.2, -0.15) is 17.2 Å². The maximum atomic E-state index is 14.9. The van der Waals surface area contributed by atoms with Crippen LogP contribution in [0.1, 0.15) is 106 Å². The largest absolute Gasteiger partial charge is 0.243 e. The van der Waals surface area contributed by atoms with Crippen molar-refractivity contribution in [3.05, 3.63) is 115 Å². The molecular weight excluding hydrogens is 937 g/mol. The van der Waals surface area contributed by atoms with E-state index in [1.807, 2.05) is 76.2 Å². The first-order valence-corrected chi connectivity index (χ1v) is 29.7. The van der Waals surface area contributed by atoms with Gasteiger partial charge in [-0.25, -0.2) is 33.7 Å². The summed E-state index contributed by atoms with van der Waals surface area (Å²) in [6.45, 7) is 26.6. The first-order chi connectivity index (χ1) is 31.6. The Morgan fingerprint density at radius 3 is 0.735 bits per heavy atom. The summed E-state index contributed by atoms with van der Waals surface area (Å²) in [5.41, 5.74) is 8.96. The van der Waals surface area contributed by atoms with Gasteiger partial charge in [-0.05, 0) is 165 Å². The van der Waals surface area contributed by atoms with Crippen LogP contribution in [0.4, 0.5) is 0 Å². The molecule has 1 aliphatic rings. The van der Waals surface area contributed by atoms with Gasteiger partial charge in [-0.1, -0.05) is 84.6 Å². The number of nitrogens with zero attached hydrogens (tertiary/aromatic N) is 4. The molecule has 68 heavy (non-hydrogen) atoms. The van der Waals surface area contributed by atoms with E-state index in [0.717, 1.165) is 22.3 Å². The lowest BCUT2D eigenvalue weighted by atomic mass is 9.73. The fraction of sp³-hybridized carbons (Fsp3) is 0.538. The summed E-state index contributed by atoms with van der Waals surface area (Å²) >= 11 is 0. The first-order valence-electron chi connectivity index (χ1n) is 23.9. The van der Waals surface area contributed by atoms with E-state index in [4.69, 9.17) is 0 Å². The summed E-state index contributed by atoms with van der Waals surface area (Å²) < 4.78 is 122. The van der Waals surface area contributed by atoms with Gasteiger partial charge < -0.3 is 0 Å². The van der Waals surface area contributed by atoms with Crippen LogP contribution in [0.3, 0.4) is 0 Å². The van der Waals surface area contributed by atoms with Crippen LogP contribution < -0.4 is 0 Å². The molecule has 2 atom stereocenters. The zero-order valence-electron chi connectivity index (χ0n) is 42.9. The summed E-state index contributed by atoms with van der Waals surface area (Å²) in [7, 11) is -16.0. The van der Waals surface area contributed by atoms with Crippen molar-refractivity contribution in [1.29, 1.82) is 0 Å². The molecule has 12 nitrogen and oxygen atoms in total. The minimum Gasteiger partial charge on any atom is -0.207 e. The molecule has 16 heteroatoms. The Morgan fingerprint density at radius 1 is 0.353 bits per heavy atom. The van der Waals surface area contributed by atoms with E-state index in [0.29, 0.717) is 57.3 Å². The van der Waals surface area contributed by atoms with Crippen molar-refractivity contribution in [2.45, 2.75) is 142 Å². The van der Waals surface area contributed by atoms with Crippen LogP contribution in [0, 0.1) is 94.9 Å². The number of aryl methyl sites for hydroxylation is 12. The predicted molar refractivity (Wildman–Crippen MR) is 274 cm³/mol. The molecule has 0 spiro atoms. The van der Waals surface area contributed by atoms with Gasteiger partial charge in [0, 0.05) is 52.4 Å². The highest BCUT2D eigenvalue weighted by molar-refractivity contribution is 7.90. The third-order valence-corrected chi connectivity index (χ3v) is 22.5. The Hall–Kier alpha value is -3.48. The van der Waals surface area contributed by atoms with Crippen molar-refractivity contribution in [3.8, 4) is 0 Å². The molecule has 4 aromatic carbocycles. The van der Waals surface area contributed by atoms with Gasteiger partial charge in [0.2, 0.25) is 40.1 Å². The molecule has 4 aromatic rings. The van der Waals surface area contributed by atoms with E-state index < -0.39 is 40.1 Å². The van der Waals surface area contributed by atoms with Crippen LogP contribution in [-0.4, -0.2) is 103 Å². The molecule has 0 bridgehead atoms. The van der Waals surface area contributed by atoms with Gasteiger partial charge in [-0.3, -0.25) is 0 Å². The Kier molecular flexibility index (Phi) is 17.8. The molecule has 1 saturated carbocycles. The summed E-state index contributed by atoms with van der Waals surface area (Å²) in [5.74, 6) is -0.393. The fourth-order valence-electron chi connectivity index (χ4n) is 10.8. The third-order valence-electron chi connectivity index (χ3n) is 13.6. The van der Waals surface area contributed by atoms with Crippen molar-refractivity contribution in [2.75, 3.05) is 52.4 Å². The van der Waals surface area contributed by atoms with Crippen molar-refractivity contribution in [3.63, 3.8) is 0 Å².